The molecule has 0 aliphatic carbocycles. The lowest BCUT2D eigenvalue weighted by Gasteiger charge is -1.90. The molecule has 1 aromatic heterocycles. The molecule has 0 N–H and O–H groups in total. The van der Waals surface area contributed by atoms with Crippen molar-refractivity contribution in [2.45, 2.75) is 12.1 Å². The first-order valence-electron chi connectivity index (χ1n) is 2.90. The lowest BCUT2D eigenvalue weighted by atomic mass is 11.0. The van der Waals surface area contributed by atoms with Crippen LogP contribution in [0.25, 0.3) is 0 Å². The van der Waals surface area contributed by atoms with Gasteiger partial charge in [-0.2, -0.15) is 4.98 Å². The van der Waals surface area contributed by atoms with Gasteiger partial charge in [0.25, 0.3) is 0 Å². The third-order valence-corrected chi connectivity index (χ3v) is 2.95. The summed E-state index contributed by atoms with van der Waals surface area (Å²) in [6.45, 7) is 1.54. The Balaban J connectivity index is 3.13. The Morgan fingerprint density at radius 1 is 1.73 bits per heavy atom. The smallest absolute Gasteiger partial charge is 0.315 e. The second-order valence-electron chi connectivity index (χ2n) is 1.84. The molecule has 62 valence electrons. The number of halogens is 1. The number of aromatic nitrogens is 1. The predicted molar refractivity (Wildman–Crippen MR) is 41.9 cm³/mol. The monoisotopic (exact) mass is 239 g/mol. The normalized spacial score (nSPS) is 11.8. The van der Waals surface area contributed by atoms with Gasteiger partial charge in [-0.05, 0) is 15.9 Å². The molecule has 0 radical (unpaired) electrons. The molecule has 0 saturated heterocycles. The maximum atomic E-state index is 11.0. The van der Waals surface area contributed by atoms with Crippen LogP contribution in [0.15, 0.2) is 20.5 Å². The Labute approximate surface area is 72.7 Å². The summed E-state index contributed by atoms with van der Waals surface area (Å²) in [4.78, 5) is 3.62. The van der Waals surface area contributed by atoms with Crippen molar-refractivity contribution in [3.63, 3.8) is 0 Å². The lowest BCUT2D eigenvalue weighted by Crippen LogP contribution is -2.03. The molecule has 0 aliphatic heterocycles. The first kappa shape index (κ1) is 8.73. The molecule has 0 fully saturated rings. The summed E-state index contributed by atoms with van der Waals surface area (Å²) in [7, 11) is -3.29. The molecular formula is C5H6BrNO3S. The summed E-state index contributed by atoms with van der Waals surface area (Å²) in [5.41, 5.74) is 0. The van der Waals surface area contributed by atoms with Gasteiger partial charge in [-0.25, -0.2) is 8.42 Å². The van der Waals surface area contributed by atoms with Gasteiger partial charge in [-0.15, -0.1) is 0 Å². The number of hydrogen-bond acceptors (Lipinski definition) is 4. The molecular weight excluding hydrogens is 234 g/mol. The summed E-state index contributed by atoms with van der Waals surface area (Å²) in [5, 5.41) is -0.230. The molecule has 4 nitrogen and oxygen atoms in total. The van der Waals surface area contributed by atoms with Gasteiger partial charge in [0.05, 0.1) is 5.75 Å². The van der Waals surface area contributed by atoms with E-state index in [2.05, 4.69) is 25.3 Å². The average molecular weight is 240 g/mol. The topological polar surface area (TPSA) is 60.2 Å². The Kier molecular flexibility index (Phi) is 2.34. The summed E-state index contributed by atoms with van der Waals surface area (Å²) in [6, 6.07) is 0. The van der Waals surface area contributed by atoms with Crippen LogP contribution >= 0.6 is 15.9 Å². The first-order valence-corrected chi connectivity index (χ1v) is 5.34. The molecule has 0 atom stereocenters. The standard InChI is InChI=1S/C5H6BrNO3S/c1-2-11(8,9)5-7-4(6)3-10-5/h3H,2H2,1H3. The summed E-state index contributed by atoms with van der Waals surface area (Å²) in [5.74, 6) is -0.0000463. The van der Waals surface area contributed by atoms with Crippen LogP contribution in [0.5, 0.6) is 0 Å². The van der Waals surface area contributed by atoms with E-state index in [0.29, 0.717) is 4.60 Å². The number of oxazole rings is 1. The summed E-state index contributed by atoms with van der Waals surface area (Å²) < 4.78 is 27.1. The van der Waals surface area contributed by atoms with Crippen molar-refractivity contribution in [2.75, 3.05) is 5.75 Å². The quantitative estimate of drug-likeness (QED) is 0.779. The van der Waals surface area contributed by atoms with Crippen LogP contribution in [0, 0.1) is 0 Å². The van der Waals surface area contributed by atoms with Crippen LogP contribution in [0.2, 0.25) is 0 Å². The van der Waals surface area contributed by atoms with Crippen molar-refractivity contribution < 1.29 is 12.8 Å². The van der Waals surface area contributed by atoms with E-state index in [0.717, 1.165) is 0 Å². The van der Waals surface area contributed by atoms with Crippen molar-refractivity contribution >= 4 is 25.8 Å². The van der Waals surface area contributed by atoms with Crippen LogP contribution in [-0.4, -0.2) is 19.2 Å². The zero-order valence-corrected chi connectivity index (χ0v) is 8.15. The van der Waals surface area contributed by atoms with Gasteiger partial charge in [0, 0.05) is 0 Å². The number of rotatable bonds is 2. The molecule has 0 spiro atoms. The maximum Gasteiger partial charge on any atom is 0.315 e. The number of nitrogens with zero attached hydrogens (tertiary/aromatic N) is 1. The highest BCUT2D eigenvalue weighted by Crippen LogP contribution is 2.13. The molecule has 0 bridgehead atoms. The number of hydrogen-bond donors (Lipinski definition) is 0. The van der Waals surface area contributed by atoms with Crippen LogP contribution in [0.1, 0.15) is 6.92 Å². The van der Waals surface area contributed by atoms with Gasteiger partial charge in [-0.1, -0.05) is 6.92 Å². The second kappa shape index (κ2) is 2.94. The van der Waals surface area contributed by atoms with Crippen LogP contribution in [0.3, 0.4) is 0 Å². The van der Waals surface area contributed by atoms with Gasteiger partial charge in [0.1, 0.15) is 10.9 Å². The largest absolute Gasteiger partial charge is 0.435 e. The minimum absolute atomic E-state index is 0.0000463. The predicted octanol–water partition coefficient (Wildman–Crippen LogP) is 1.23. The first-order chi connectivity index (χ1) is 5.06. The Hall–Kier alpha value is -0.360. The highest BCUT2D eigenvalue weighted by atomic mass is 79.9. The molecule has 0 unspecified atom stereocenters. The van der Waals surface area contributed by atoms with Gasteiger partial charge < -0.3 is 4.42 Å². The average Bonchev–Trinajstić information content (AvgIpc) is 2.36. The molecule has 0 aromatic carbocycles. The fraction of sp³-hybridized carbons (Fsp3) is 0.400. The van der Waals surface area contributed by atoms with E-state index < -0.39 is 9.84 Å². The zero-order chi connectivity index (χ0) is 8.48. The van der Waals surface area contributed by atoms with Crippen molar-refractivity contribution in [3.05, 3.63) is 10.9 Å². The van der Waals surface area contributed by atoms with Gasteiger partial charge >= 0.3 is 5.22 Å². The van der Waals surface area contributed by atoms with Crippen LogP contribution < -0.4 is 0 Å². The van der Waals surface area contributed by atoms with E-state index in [1.807, 2.05) is 0 Å². The molecule has 11 heavy (non-hydrogen) atoms. The van der Waals surface area contributed by atoms with Crippen LogP contribution in [0.4, 0.5) is 0 Å². The van der Waals surface area contributed by atoms with E-state index in [-0.39, 0.29) is 11.0 Å². The number of sulfone groups is 1. The minimum atomic E-state index is -3.29. The second-order valence-corrected chi connectivity index (χ2v) is 4.81. The molecule has 1 rings (SSSR count). The van der Waals surface area contributed by atoms with E-state index in [4.69, 9.17) is 0 Å². The Bertz CT molecular complexity index is 342. The molecule has 0 amide bonds. The molecule has 0 aliphatic rings. The van der Waals surface area contributed by atoms with Crippen molar-refractivity contribution in [1.82, 2.24) is 4.98 Å². The van der Waals surface area contributed by atoms with Gasteiger partial charge in [-0.3, -0.25) is 0 Å². The molecule has 0 saturated carbocycles. The third kappa shape index (κ3) is 1.81. The fourth-order valence-corrected chi connectivity index (χ4v) is 1.56. The van der Waals surface area contributed by atoms with Crippen molar-refractivity contribution in [1.29, 1.82) is 0 Å². The summed E-state index contributed by atoms with van der Waals surface area (Å²) in [6.07, 6.45) is 1.24. The highest BCUT2D eigenvalue weighted by molar-refractivity contribution is 9.10. The molecule has 1 heterocycles. The van der Waals surface area contributed by atoms with E-state index in [9.17, 15) is 8.42 Å². The zero-order valence-electron chi connectivity index (χ0n) is 5.74. The van der Waals surface area contributed by atoms with Gasteiger partial charge in [0.15, 0.2) is 0 Å². The van der Waals surface area contributed by atoms with E-state index in [1.165, 1.54) is 13.2 Å². The molecule has 1 aromatic rings. The van der Waals surface area contributed by atoms with Crippen molar-refractivity contribution in [2.24, 2.45) is 0 Å². The fourth-order valence-electron chi connectivity index (χ4n) is 0.505. The SMILES string of the molecule is CCS(=O)(=O)c1nc(Br)co1. The minimum Gasteiger partial charge on any atom is -0.435 e. The molecule has 6 heteroatoms. The lowest BCUT2D eigenvalue weighted by molar-refractivity contribution is 0.430. The van der Waals surface area contributed by atoms with Crippen molar-refractivity contribution in [3.8, 4) is 0 Å². The van der Waals surface area contributed by atoms with E-state index >= 15 is 0 Å². The Morgan fingerprint density at radius 2 is 2.36 bits per heavy atom. The summed E-state index contributed by atoms with van der Waals surface area (Å²) >= 11 is 2.98. The third-order valence-electron chi connectivity index (χ3n) is 1.10. The maximum absolute atomic E-state index is 11.0. The van der Waals surface area contributed by atoms with E-state index in [1.54, 1.807) is 0 Å². The van der Waals surface area contributed by atoms with Gasteiger partial charge in [0.2, 0.25) is 9.84 Å². The Morgan fingerprint density at radius 3 is 2.73 bits per heavy atom. The highest BCUT2D eigenvalue weighted by Gasteiger charge is 2.17. The van der Waals surface area contributed by atoms with Crippen LogP contribution in [-0.2, 0) is 9.84 Å².